The first kappa shape index (κ1) is 17.5. The normalized spacial score (nSPS) is 11.5. The number of benzene rings is 1. The summed E-state index contributed by atoms with van der Waals surface area (Å²) in [6.45, 7) is 0.460. The van der Waals surface area contributed by atoms with Gasteiger partial charge < -0.3 is 0 Å². The maximum atomic E-state index is 4.79. The van der Waals surface area contributed by atoms with Crippen molar-refractivity contribution in [3.05, 3.63) is 78.9 Å². The molecular weight excluding hydrogens is 390 g/mol. The smallest absolute Gasteiger partial charge is 0.202 e. The lowest BCUT2D eigenvalue weighted by molar-refractivity contribution is 0.679. The monoisotopic (exact) mass is 407 g/mol. The van der Waals surface area contributed by atoms with Crippen LogP contribution in [0.3, 0.4) is 0 Å². The Bertz CT molecular complexity index is 1510. The van der Waals surface area contributed by atoms with Crippen LogP contribution in [0.1, 0.15) is 5.69 Å². The van der Waals surface area contributed by atoms with Crippen LogP contribution in [0.15, 0.2) is 73.2 Å². The number of fused-ring (bicyclic) bond motifs is 2. The summed E-state index contributed by atoms with van der Waals surface area (Å²) in [6.07, 6.45) is 5.47. The lowest BCUT2D eigenvalue weighted by Gasteiger charge is -2.05. The molecule has 5 aromatic heterocycles. The third kappa shape index (κ3) is 3.12. The fraction of sp³-hybridized carbons (Fsp3) is 0.0909. The number of hydrogen-bond donors (Lipinski definition) is 0. The average Bonchev–Trinajstić information content (AvgIpc) is 3.51. The standard InChI is InChI=1S/C22H17N9/c1-29-12-9-18(26-29)21-25-22(19-13-20-23-10-4-11-30(20)27-19)31(28-21)14-16-8-7-15-5-2-3-6-17(15)24-16/h2-13H,14H2,1H3. The van der Waals surface area contributed by atoms with Gasteiger partial charge in [0.2, 0.25) is 5.82 Å². The summed E-state index contributed by atoms with van der Waals surface area (Å²) < 4.78 is 5.28. The number of nitrogens with zero attached hydrogens (tertiary/aromatic N) is 9. The van der Waals surface area contributed by atoms with E-state index in [0.29, 0.717) is 29.6 Å². The Balaban J connectivity index is 1.47. The number of hydrogen-bond acceptors (Lipinski definition) is 6. The van der Waals surface area contributed by atoms with Crippen LogP contribution in [0, 0.1) is 0 Å². The van der Waals surface area contributed by atoms with Crippen LogP contribution in [-0.2, 0) is 13.6 Å². The van der Waals surface area contributed by atoms with E-state index in [-0.39, 0.29) is 0 Å². The Morgan fingerprint density at radius 3 is 2.65 bits per heavy atom. The van der Waals surface area contributed by atoms with E-state index in [4.69, 9.17) is 15.1 Å². The summed E-state index contributed by atoms with van der Waals surface area (Å²) in [5.74, 6) is 1.18. The molecule has 0 unspecified atom stereocenters. The van der Waals surface area contributed by atoms with E-state index in [1.54, 1.807) is 15.4 Å². The molecule has 9 heteroatoms. The van der Waals surface area contributed by atoms with Crippen LogP contribution in [0.5, 0.6) is 0 Å². The molecule has 0 aliphatic rings. The Hall–Kier alpha value is -4.40. The molecule has 0 aliphatic carbocycles. The van der Waals surface area contributed by atoms with Gasteiger partial charge in [0.05, 0.1) is 17.8 Å². The van der Waals surface area contributed by atoms with Gasteiger partial charge in [-0.15, -0.1) is 5.10 Å². The SMILES string of the molecule is Cn1ccc(-c2nc(-c3cc4ncccn4n3)n(Cc3ccc4ccccc4n3)n2)n1. The first-order valence-corrected chi connectivity index (χ1v) is 9.83. The van der Waals surface area contributed by atoms with Crippen molar-refractivity contribution < 1.29 is 0 Å². The lowest BCUT2D eigenvalue weighted by atomic mass is 10.2. The molecule has 0 spiro atoms. The first-order chi connectivity index (χ1) is 15.2. The highest BCUT2D eigenvalue weighted by Crippen LogP contribution is 2.23. The second-order valence-corrected chi connectivity index (χ2v) is 7.24. The van der Waals surface area contributed by atoms with Crippen molar-refractivity contribution in [3.63, 3.8) is 0 Å². The summed E-state index contributed by atoms with van der Waals surface area (Å²) >= 11 is 0. The highest BCUT2D eigenvalue weighted by atomic mass is 15.4. The molecule has 1 aromatic carbocycles. The van der Waals surface area contributed by atoms with Crippen molar-refractivity contribution in [2.75, 3.05) is 0 Å². The van der Waals surface area contributed by atoms with Crippen molar-refractivity contribution in [1.29, 1.82) is 0 Å². The average molecular weight is 407 g/mol. The zero-order chi connectivity index (χ0) is 20.8. The van der Waals surface area contributed by atoms with Crippen LogP contribution in [0.2, 0.25) is 0 Å². The van der Waals surface area contributed by atoms with Gasteiger partial charge in [0.1, 0.15) is 11.4 Å². The van der Waals surface area contributed by atoms with Crippen molar-refractivity contribution >= 4 is 16.6 Å². The fourth-order valence-electron chi connectivity index (χ4n) is 3.57. The first-order valence-electron chi connectivity index (χ1n) is 9.83. The van der Waals surface area contributed by atoms with Gasteiger partial charge in [0, 0.05) is 37.1 Å². The van der Waals surface area contributed by atoms with E-state index >= 15 is 0 Å². The highest BCUT2D eigenvalue weighted by Gasteiger charge is 2.18. The lowest BCUT2D eigenvalue weighted by Crippen LogP contribution is -2.06. The van der Waals surface area contributed by atoms with Gasteiger partial charge in [-0.25, -0.2) is 19.2 Å². The summed E-state index contributed by atoms with van der Waals surface area (Å²) in [5, 5.41) is 14.9. The van der Waals surface area contributed by atoms with Gasteiger partial charge in [-0.05, 0) is 24.3 Å². The van der Waals surface area contributed by atoms with E-state index in [9.17, 15) is 0 Å². The van der Waals surface area contributed by atoms with Crippen LogP contribution in [0.25, 0.3) is 39.6 Å². The maximum absolute atomic E-state index is 4.79. The molecule has 31 heavy (non-hydrogen) atoms. The van der Waals surface area contributed by atoms with Crippen LogP contribution < -0.4 is 0 Å². The van der Waals surface area contributed by atoms with E-state index in [1.165, 1.54) is 0 Å². The number of aryl methyl sites for hydroxylation is 1. The predicted molar refractivity (Wildman–Crippen MR) is 115 cm³/mol. The minimum absolute atomic E-state index is 0.460. The Morgan fingerprint density at radius 1 is 0.839 bits per heavy atom. The molecule has 5 heterocycles. The molecule has 0 N–H and O–H groups in total. The van der Waals surface area contributed by atoms with Crippen LogP contribution in [0.4, 0.5) is 0 Å². The summed E-state index contributed by atoms with van der Waals surface area (Å²) in [5.41, 5.74) is 3.98. The summed E-state index contributed by atoms with van der Waals surface area (Å²) in [7, 11) is 1.87. The second kappa shape index (κ2) is 6.84. The zero-order valence-corrected chi connectivity index (χ0v) is 16.7. The van der Waals surface area contributed by atoms with Crippen molar-refractivity contribution in [2.45, 2.75) is 6.54 Å². The largest absolute Gasteiger partial charge is 0.275 e. The molecule has 0 aliphatic heterocycles. The third-order valence-electron chi connectivity index (χ3n) is 5.05. The molecule has 150 valence electrons. The minimum Gasteiger partial charge on any atom is -0.275 e. The van der Waals surface area contributed by atoms with Crippen molar-refractivity contribution in [1.82, 2.24) is 44.1 Å². The molecule has 6 aromatic rings. The third-order valence-corrected chi connectivity index (χ3v) is 5.05. The van der Waals surface area contributed by atoms with Crippen molar-refractivity contribution in [3.8, 4) is 23.0 Å². The number of rotatable bonds is 4. The van der Waals surface area contributed by atoms with Crippen LogP contribution >= 0.6 is 0 Å². The number of pyridine rings is 1. The maximum Gasteiger partial charge on any atom is 0.202 e. The highest BCUT2D eigenvalue weighted by molar-refractivity contribution is 5.78. The minimum atomic E-state index is 0.460. The van der Waals surface area contributed by atoms with Gasteiger partial charge >= 0.3 is 0 Å². The fourth-order valence-corrected chi connectivity index (χ4v) is 3.57. The Kier molecular flexibility index (Phi) is 3.85. The number of para-hydroxylation sites is 1. The molecule has 0 fully saturated rings. The molecule has 0 saturated heterocycles. The molecule has 6 rings (SSSR count). The van der Waals surface area contributed by atoms with Crippen LogP contribution in [-0.4, -0.2) is 44.1 Å². The van der Waals surface area contributed by atoms with E-state index < -0.39 is 0 Å². The molecular formula is C22H17N9. The molecule has 0 bridgehead atoms. The van der Waals surface area contributed by atoms with Gasteiger partial charge in [0.25, 0.3) is 0 Å². The topological polar surface area (TPSA) is 91.6 Å². The number of aromatic nitrogens is 9. The van der Waals surface area contributed by atoms with E-state index in [2.05, 4.69) is 27.3 Å². The van der Waals surface area contributed by atoms with Gasteiger partial charge in [-0.3, -0.25) is 9.67 Å². The van der Waals surface area contributed by atoms with Gasteiger partial charge in [0.15, 0.2) is 11.5 Å². The molecule has 0 saturated carbocycles. The molecule has 0 atom stereocenters. The Morgan fingerprint density at radius 2 is 1.77 bits per heavy atom. The second-order valence-electron chi connectivity index (χ2n) is 7.24. The summed E-state index contributed by atoms with van der Waals surface area (Å²) in [6, 6.07) is 17.8. The summed E-state index contributed by atoms with van der Waals surface area (Å²) in [4.78, 5) is 13.9. The van der Waals surface area contributed by atoms with Gasteiger partial charge in [-0.1, -0.05) is 24.3 Å². The van der Waals surface area contributed by atoms with E-state index in [0.717, 1.165) is 22.2 Å². The predicted octanol–water partition coefficient (Wildman–Crippen LogP) is 2.98. The van der Waals surface area contributed by atoms with E-state index in [1.807, 2.05) is 66.6 Å². The van der Waals surface area contributed by atoms with Gasteiger partial charge in [-0.2, -0.15) is 10.2 Å². The molecule has 0 amide bonds. The Labute approximate surface area is 176 Å². The zero-order valence-electron chi connectivity index (χ0n) is 16.7. The molecule has 9 nitrogen and oxygen atoms in total. The molecule has 0 radical (unpaired) electrons. The quantitative estimate of drug-likeness (QED) is 0.446. The van der Waals surface area contributed by atoms with Crippen molar-refractivity contribution in [2.24, 2.45) is 7.05 Å².